The van der Waals surface area contributed by atoms with E-state index in [-0.39, 0.29) is 30.1 Å². The van der Waals surface area contributed by atoms with Crippen molar-refractivity contribution in [3.05, 3.63) is 53.6 Å². The number of rotatable bonds is 11. The number of benzene rings is 2. The molecule has 208 valence electrons. The summed E-state index contributed by atoms with van der Waals surface area (Å²) in [5, 5.41) is 3.80. The lowest BCUT2D eigenvalue weighted by Gasteiger charge is -2.31. The first-order valence-electron chi connectivity index (χ1n) is 13.2. The van der Waals surface area contributed by atoms with Gasteiger partial charge in [0.25, 0.3) is 5.91 Å². The summed E-state index contributed by atoms with van der Waals surface area (Å²) < 4.78 is 5.46. The zero-order valence-corrected chi connectivity index (χ0v) is 23.5. The number of hydrogen-bond donors (Lipinski definition) is 2. The van der Waals surface area contributed by atoms with Crippen molar-refractivity contribution in [1.82, 2.24) is 9.80 Å². The first-order valence-corrected chi connectivity index (χ1v) is 14.0. The fraction of sp³-hybridized carbons (Fsp3) is 0.429. The van der Waals surface area contributed by atoms with Crippen molar-refractivity contribution in [2.24, 2.45) is 11.7 Å². The fourth-order valence-electron chi connectivity index (χ4n) is 5.01. The van der Waals surface area contributed by atoms with E-state index in [9.17, 15) is 14.4 Å². The highest BCUT2D eigenvalue weighted by molar-refractivity contribution is 7.80. The molecule has 0 radical (unpaired) electrons. The molecule has 2 aliphatic rings. The van der Waals surface area contributed by atoms with E-state index in [1.807, 2.05) is 11.8 Å². The number of halogens is 1. The van der Waals surface area contributed by atoms with Gasteiger partial charge >= 0.3 is 0 Å². The van der Waals surface area contributed by atoms with Crippen LogP contribution < -0.4 is 20.7 Å². The fourth-order valence-corrected chi connectivity index (χ4v) is 5.55. The monoisotopic (exact) mass is 571 g/mol. The van der Waals surface area contributed by atoms with E-state index < -0.39 is 6.04 Å². The average molecular weight is 572 g/mol. The summed E-state index contributed by atoms with van der Waals surface area (Å²) in [5.41, 5.74) is 6.69. The summed E-state index contributed by atoms with van der Waals surface area (Å²) in [6, 6.07) is 13.3. The number of ether oxygens (including phenoxy) is 1. The number of nitrogens with two attached hydrogens (primary N) is 1. The van der Waals surface area contributed by atoms with Crippen molar-refractivity contribution >= 4 is 58.0 Å². The van der Waals surface area contributed by atoms with Gasteiger partial charge in [0.05, 0.1) is 18.7 Å². The van der Waals surface area contributed by atoms with Crippen LogP contribution in [0.4, 0.5) is 11.4 Å². The number of piperidine rings is 1. The number of carbonyl (C=O) groups excluding carboxylic acids is 3. The second-order valence-corrected chi connectivity index (χ2v) is 10.5. The number of thiocarbonyl (C=S) groups is 1. The van der Waals surface area contributed by atoms with E-state index in [0.717, 1.165) is 44.6 Å². The highest BCUT2D eigenvalue weighted by Crippen LogP contribution is 2.29. The summed E-state index contributed by atoms with van der Waals surface area (Å²) in [4.78, 5) is 43.7. The zero-order chi connectivity index (χ0) is 27.9. The normalized spacial score (nSPS) is 18.5. The number of anilines is 2. The summed E-state index contributed by atoms with van der Waals surface area (Å²) in [7, 11) is 0. The Kier molecular flexibility index (Phi) is 9.77. The van der Waals surface area contributed by atoms with E-state index in [1.165, 1.54) is 4.90 Å². The molecule has 0 aliphatic carbocycles. The maximum atomic E-state index is 13.6. The van der Waals surface area contributed by atoms with Crippen LogP contribution in [-0.2, 0) is 14.4 Å². The third-order valence-electron chi connectivity index (χ3n) is 7.09. The van der Waals surface area contributed by atoms with Gasteiger partial charge in [-0.25, -0.2) is 0 Å². The predicted octanol–water partition coefficient (Wildman–Crippen LogP) is 3.66. The van der Waals surface area contributed by atoms with Gasteiger partial charge in [-0.2, -0.15) is 0 Å². The number of carbonyl (C=O) groups is 3. The zero-order valence-electron chi connectivity index (χ0n) is 22.0. The highest BCUT2D eigenvalue weighted by atomic mass is 35.5. The standard InChI is InChI=1S/C28H34ClN5O4S/c1-2-38-23-10-6-21(7-11-23)31-25(35)18-24-27(37)34(22-8-4-20(29)5-9-22)28(39)33(24)15-3-14-32-16-12-19(13-17-32)26(30)36/h4-11,19,24H,2-3,12-18H2,1H3,(H2,30,36)(H,31,35)/t24-/m1/s1. The lowest BCUT2D eigenvalue weighted by molar-refractivity contribution is -0.124. The van der Waals surface area contributed by atoms with Crippen LogP contribution in [0.1, 0.15) is 32.6 Å². The van der Waals surface area contributed by atoms with E-state index in [2.05, 4.69) is 10.2 Å². The molecule has 3 amide bonds. The van der Waals surface area contributed by atoms with Crippen molar-refractivity contribution in [2.75, 3.05) is 43.0 Å². The number of likely N-dealkylation sites (tertiary alicyclic amines) is 1. The van der Waals surface area contributed by atoms with Crippen LogP contribution in [0.3, 0.4) is 0 Å². The van der Waals surface area contributed by atoms with Gasteiger partial charge in [-0.1, -0.05) is 11.6 Å². The molecule has 2 aromatic rings. The quantitative estimate of drug-likeness (QED) is 0.396. The molecule has 4 rings (SSSR count). The number of primary amides is 1. The second-order valence-electron chi connectivity index (χ2n) is 9.72. The Bertz CT molecular complexity index is 1190. The minimum absolute atomic E-state index is 0.0414. The summed E-state index contributed by atoms with van der Waals surface area (Å²) in [5.74, 6) is -0.0980. The van der Waals surface area contributed by atoms with E-state index in [1.54, 1.807) is 48.5 Å². The van der Waals surface area contributed by atoms with Crippen LogP contribution in [0.15, 0.2) is 48.5 Å². The molecule has 0 bridgehead atoms. The van der Waals surface area contributed by atoms with Crippen molar-refractivity contribution in [3.8, 4) is 5.75 Å². The Morgan fingerprint density at radius 2 is 1.74 bits per heavy atom. The Hall–Kier alpha value is -3.21. The minimum atomic E-state index is -0.725. The molecule has 9 nitrogen and oxygen atoms in total. The van der Waals surface area contributed by atoms with Gasteiger partial charge in [0, 0.05) is 23.2 Å². The summed E-state index contributed by atoms with van der Waals surface area (Å²) >= 11 is 11.8. The third-order valence-corrected chi connectivity index (χ3v) is 7.76. The molecular weight excluding hydrogens is 538 g/mol. The number of nitrogens with zero attached hydrogens (tertiary/aromatic N) is 3. The lowest BCUT2D eigenvalue weighted by Crippen LogP contribution is -2.41. The topological polar surface area (TPSA) is 108 Å². The molecule has 11 heteroatoms. The van der Waals surface area contributed by atoms with Crippen molar-refractivity contribution < 1.29 is 19.1 Å². The summed E-state index contributed by atoms with van der Waals surface area (Å²) in [6.45, 7) is 5.39. The second kappa shape index (κ2) is 13.2. The Balaban J connectivity index is 1.42. The van der Waals surface area contributed by atoms with Gasteiger partial charge in [0.2, 0.25) is 11.8 Å². The van der Waals surface area contributed by atoms with Crippen molar-refractivity contribution in [1.29, 1.82) is 0 Å². The van der Waals surface area contributed by atoms with Crippen LogP contribution in [0.25, 0.3) is 0 Å². The van der Waals surface area contributed by atoms with Crippen molar-refractivity contribution in [2.45, 2.75) is 38.6 Å². The van der Waals surface area contributed by atoms with E-state index in [4.69, 9.17) is 34.3 Å². The molecule has 0 unspecified atom stereocenters. The van der Waals surface area contributed by atoms with Gasteiger partial charge in [-0.3, -0.25) is 19.3 Å². The molecular formula is C28H34ClN5O4S. The number of hydrogen-bond acceptors (Lipinski definition) is 6. The maximum Gasteiger partial charge on any atom is 0.256 e. The van der Waals surface area contributed by atoms with Crippen LogP contribution in [0, 0.1) is 5.92 Å². The van der Waals surface area contributed by atoms with Gasteiger partial charge < -0.3 is 25.6 Å². The van der Waals surface area contributed by atoms with Gasteiger partial charge in [-0.15, -0.1) is 0 Å². The molecule has 1 atom stereocenters. The smallest absolute Gasteiger partial charge is 0.256 e. The number of amides is 3. The SMILES string of the molecule is CCOc1ccc(NC(=O)C[C@@H]2C(=O)N(c3ccc(Cl)cc3)C(=S)N2CCCN2CCC(C(N)=O)CC2)cc1. The summed E-state index contributed by atoms with van der Waals surface area (Å²) in [6.07, 6.45) is 2.23. The lowest BCUT2D eigenvalue weighted by atomic mass is 9.96. The molecule has 2 aliphatic heterocycles. The first kappa shape index (κ1) is 28.8. The first-order chi connectivity index (χ1) is 18.8. The van der Waals surface area contributed by atoms with E-state index >= 15 is 0 Å². The number of nitrogens with one attached hydrogen (secondary N) is 1. The molecule has 39 heavy (non-hydrogen) atoms. The van der Waals surface area contributed by atoms with Gasteiger partial charge in [0.15, 0.2) is 5.11 Å². The molecule has 2 fully saturated rings. The molecule has 3 N–H and O–H groups in total. The van der Waals surface area contributed by atoms with Gasteiger partial charge in [0.1, 0.15) is 11.8 Å². The Labute approximate surface area is 239 Å². The molecule has 0 spiro atoms. The largest absolute Gasteiger partial charge is 0.494 e. The van der Waals surface area contributed by atoms with Gasteiger partial charge in [-0.05, 0) is 107 Å². The van der Waals surface area contributed by atoms with Crippen LogP contribution in [0.2, 0.25) is 5.02 Å². The van der Waals surface area contributed by atoms with Crippen LogP contribution in [-0.4, -0.2) is 71.5 Å². The Morgan fingerprint density at radius 1 is 1.08 bits per heavy atom. The molecule has 2 heterocycles. The van der Waals surface area contributed by atoms with E-state index in [0.29, 0.717) is 34.7 Å². The average Bonchev–Trinajstić information content (AvgIpc) is 3.14. The van der Waals surface area contributed by atoms with Crippen LogP contribution >= 0.6 is 23.8 Å². The molecule has 2 saturated heterocycles. The maximum absolute atomic E-state index is 13.6. The molecule has 0 aromatic heterocycles. The van der Waals surface area contributed by atoms with Crippen molar-refractivity contribution in [3.63, 3.8) is 0 Å². The van der Waals surface area contributed by atoms with Crippen LogP contribution in [0.5, 0.6) is 5.75 Å². The Morgan fingerprint density at radius 3 is 2.36 bits per heavy atom. The molecule has 2 aromatic carbocycles. The minimum Gasteiger partial charge on any atom is -0.494 e. The third kappa shape index (κ3) is 7.26. The molecule has 0 saturated carbocycles. The highest BCUT2D eigenvalue weighted by Gasteiger charge is 2.44. The predicted molar refractivity (Wildman–Crippen MR) is 156 cm³/mol.